The number of benzene rings is 1. The van der Waals surface area contributed by atoms with Crippen molar-refractivity contribution in [3.8, 4) is 11.5 Å². The first-order valence-corrected chi connectivity index (χ1v) is 8.55. The third kappa shape index (κ3) is 4.11. The molecule has 0 aliphatic heterocycles. The molecule has 136 valence electrons. The van der Waals surface area contributed by atoms with E-state index in [4.69, 9.17) is 9.47 Å². The van der Waals surface area contributed by atoms with Crippen molar-refractivity contribution in [3.63, 3.8) is 0 Å². The molecule has 2 aromatic heterocycles. The number of carbonyl (C=O) groups is 1. The van der Waals surface area contributed by atoms with Crippen LogP contribution < -0.4 is 14.8 Å². The summed E-state index contributed by atoms with van der Waals surface area (Å²) in [5.74, 6) is 1.12. The predicted octanol–water partition coefficient (Wildman–Crippen LogP) is 3.43. The number of amides is 1. The third-order valence-electron chi connectivity index (χ3n) is 3.71. The van der Waals surface area contributed by atoms with E-state index >= 15 is 0 Å². The van der Waals surface area contributed by atoms with E-state index in [0.29, 0.717) is 18.0 Å². The summed E-state index contributed by atoms with van der Waals surface area (Å²) in [6.07, 6.45) is 3.37. The van der Waals surface area contributed by atoms with Gasteiger partial charge in [-0.15, -0.1) is 0 Å². The monoisotopic (exact) mass is 354 g/mol. The smallest absolute Gasteiger partial charge is 0.262 e. The second-order valence-corrected chi connectivity index (χ2v) is 6.06. The summed E-state index contributed by atoms with van der Waals surface area (Å²) >= 11 is 0. The first kappa shape index (κ1) is 17.7. The van der Waals surface area contributed by atoms with Gasteiger partial charge in [-0.1, -0.05) is 0 Å². The average Bonchev–Trinajstić information content (AvgIpc) is 3.05. The van der Waals surface area contributed by atoms with Crippen molar-refractivity contribution in [3.05, 3.63) is 42.7 Å². The Kier molecular flexibility index (Phi) is 5.36. The van der Waals surface area contributed by atoms with Crippen LogP contribution in [0.5, 0.6) is 11.5 Å². The zero-order valence-corrected chi connectivity index (χ0v) is 15.1. The highest BCUT2D eigenvalue weighted by Gasteiger charge is 2.10. The lowest BCUT2D eigenvalue weighted by Gasteiger charge is -2.09. The molecule has 26 heavy (non-hydrogen) atoms. The Morgan fingerprint density at radius 2 is 1.85 bits per heavy atom. The fourth-order valence-electron chi connectivity index (χ4n) is 2.53. The fourth-order valence-corrected chi connectivity index (χ4v) is 2.53. The topological polar surface area (TPSA) is 78.3 Å². The van der Waals surface area contributed by atoms with E-state index in [-0.39, 0.29) is 18.6 Å². The standard InChI is InChI=1S/C19H22N4O3/c1-4-25-16-5-7-17(8-6-16)26-12-18(24)22-15-9-14-10-21-23(13(2)3)19(14)20-11-15/h5-11,13H,4,12H2,1-3H3,(H,22,24). The largest absolute Gasteiger partial charge is 0.494 e. The van der Waals surface area contributed by atoms with Gasteiger partial charge in [0.2, 0.25) is 0 Å². The number of carbonyl (C=O) groups excluding carboxylic acids is 1. The molecule has 7 heteroatoms. The highest BCUT2D eigenvalue weighted by Crippen LogP contribution is 2.20. The molecule has 0 saturated heterocycles. The minimum Gasteiger partial charge on any atom is -0.494 e. The molecule has 0 atom stereocenters. The van der Waals surface area contributed by atoms with Crippen LogP contribution in [0.3, 0.4) is 0 Å². The lowest BCUT2D eigenvalue weighted by molar-refractivity contribution is -0.118. The van der Waals surface area contributed by atoms with Crippen molar-refractivity contribution >= 4 is 22.6 Å². The van der Waals surface area contributed by atoms with Crippen LogP contribution in [0.25, 0.3) is 11.0 Å². The number of nitrogens with one attached hydrogen (secondary N) is 1. The molecule has 0 fully saturated rings. The molecule has 0 bridgehead atoms. The molecule has 0 saturated carbocycles. The molecule has 0 radical (unpaired) electrons. The third-order valence-corrected chi connectivity index (χ3v) is 3.71. The quantitative estimate of drug-likeness (QED) is 0.703. The zero-order chi connectivity index (χ0) is 18.5. The number of hydrogen-bond acceptors (Lipinski definition) is 5. The van der Waals surface area contributed by atoms with Crippen molar-refractivity contribution in [2.24, 2.45) is 0 Å². The van der Waals surface area contributed by atoms with Gasteiger partial charge in [0.05, 0.1) is 24.7 Å². The minimum absolute atomic E-state index is 0.0860. The highest BCUT2D eigenvalue weighted by molar-refractivity contribution is 5.93. The minimum atomic E-state index is -0.253. The Morgan fingerprint density at radius 1 is 1.15 bits per heavy atom. The Labute approximate surface area is 151 Å². The Morgan fingerprint density at radius 3 is 2.50 bits per heavy atom. The van der Waals surface area contributed by atoms with E-state index < -0.39 is 0 Å². The molecule has 2 heterocycles. The number of rotatable bonds is 7. The number of nitrogens with zero attached hydrogens (tertiary/aromatic N) is 3. The molecule has 0 unspecified atom stereocenters. The number of pyridine rings is 1. The van der Waals surface area contributed by atoms with E-state index in [1.807, 2.05) is 31.5 Å². The first-order chi connectivity index (χ1) is 12.6. The normalized spacial score (nSPS) is 10.9. The predicted molar refractivity (Wildman–Crippen MR) is 99.6 cm³/mol. The van der Waals surface area contributed by atoms with Crippen molar-refractivity contribution in [2.75, 3.05) is 18.5 Å². The number of ether oxygens (including phenoxy) is 2. The Hall–Kier alpha value is -3.09. The molecule has 0 aliphatic carbocycles. The van der Waals surface area contributed by atoms with E-state index in [0.717, 1.165) is 16.8 Å². The molecule has 1 aromatic carbocycles. The van der Waals surface area contributed by atoms with Gasteiger partial charge in [0.1, 0.15) is 11.5 Å². The Bertz CT molecular complexity index is 887. The number of anilines is 1. The van der Waals surface area contributed by atoms with Crippen LogP contribution in [-0.2, 0) is 4.79 Å². The van der Waals surface area contributed by atoms with Crippen LogP contribution in [0.4, 0.5) is 5.69 Å². The van der Waals surface area contributed by atoms with Gasteiger partial charge in [0.15, 0.2) is 12.3 Å². The van der Waals surface area contributed by atoms with Crippen molar-refractivity contribution in [1.82, 2.24) is 14.8 Å². The van der Waals surface area contributed by atoms with E-state index in [2.05, 4.69) is 15.4 Å². The maximum absolute atomic E-state index is 12.1. The second kappa shape index (κ2) is 7.86. The molecule has 3 rings (SSSR count). The van der Waals surface area contributed by atoms with E-state index in [1.54, 1.807) is 36.7 Å². The SMILES string of the molecule is CCOc1ccc(OCC(=O)Nc2cnc3c(cnn3C(C)C)c2)cc1. The highest BCUT2D eigenvalue weighted by atomic mass is 16.5. The molecule has 0 spiro atoms. The van der Waals surface area contributed by atoms with E-state index in [9.17, 15) is 4.79 Å². The van der Waals surface area contributed by atoms with Gasteiger partial charge in [0.25, 0.3) is 5.91 Å². The summed E-state index contributed by atoms with van der Waals surface area (Å²) in [6, 6.07) is 9.23. The molecule has 3 aromatic rings. The summed E-state index contributed by atoms with van der Waals surface area (Å²) in [4.78, 5) is 16.5. The van der Waals surface area contributed by atoms with Crippen LogP contribution in [0.15, 0.2) is 42.7 Å². The number of aromatic nitrogens is 3. The molecule has 1 N–H and O–H groups in total. The molecule has 1 amide bonds. The van der Waals surface area contributed by atoms with Crippen molar-refractivity contribution in [2.45, 2.75) is 26.8 Å². The van der Waals surface area contributed by atoms with Gasteiger partial charge in [-0.05, 0) is 51.1 Å². The van der Waals surface area contributed by atoms with Crippen LogP contribution in [0.2, 0.25) is 0 Å². The summed E-state index contributed by atoms with van der Waals surface area (Å²) in [5.41, 5.74) is 1.41. The summed E-state index contributed by atoms with van der Waals surface area (Å²) in [7, 11) is 0. The van der Waals surface area contributed by atoms with Gasteiger partial charge < -0.3 is 14.8 Å². The Balaban J connectivity index is 1.58. The van der Waals surface area contributed by atoms with Gasteiger partial charge in [-0.25, -0.2) is 9.67 Å². The van der Waals surface area contributed by atoms with Crippen LogP contribution in [0.1, 0.15) is 26.8 Å². The van der Waals surface area contributed by atoms with Gasteiger partial charge in [-0.3, -0.25) is 4.79 Å². The first-order valence-electron chi connectivity index (χ1n) is 8.55. The molecule has 0 aliphatic rings. The van der Waals surface area contributed by atoms with Crippen molar-refractivity contribution in [1.29, 1.82) is 0 Å². The summed E-state index contributed by atoms with van der Waals surface area (Å²) in [5, 5.41) is 7.98. The lowest BCUT2D eigenvalue weighted by Crippen LogP contribution is -2.20. The fraction of sp³-hybridized carbons (Fsp3) is 0.316. The maximum atomic E-state index is 12.1. The molecular weight excluding hydrogens is 332 g/mol. The average molecular weight is 354 g/mol. The molecule has 7 nitrogen and oxygen atoms in total. The summed E-state index contributed by atoms with van der Waals surface area (Å²) < 4.78 is 12.7. The second-order valence-electron chi connectivity index (χ2n) is 6.06. The zero-order valence-electron chi connectivity index (χ0n) is 15.1. The molecular formula is C19H22N4O3. The summed E-state index contributed by atoms with van der Waals surface area (Å²) in [6.45, 7) is 6.53. The van der Waals surface area contributed by atoms with Gasteiger partial charge in [0, 0.05) is 11.4 Å². The van der Waals surface area contributed by atoms with Gasteiger partial charge >= 0.3 is 0 Å². The van der Waals surface area contributed by atoms with Crippen LogP contribution >= 0.6 is 0 Å². The number of hydrogen-bond donors (Lipinski definition) is 1. The van der Waals surface area contributed by atoms with Crippen LogP contribution in [0, 0.1) is 0 Å². The van der Waals surface area contributed by atoms with Crippen LogP contribution in [-0.4, -0.2) is 33.9 Å². The lowest BCUT2D eigenvalue weighted by atomic mass is 10.3. The maximum Gasteiger partial charge on any atom is 0.262 e. The van der Waals surface area contributed by atoms with Gasteiger partial charge in [-0.2, -0.15) is 5.10 Å². The number of fused-ring (bicyclic) bond motifs is 1. The van der Waals surface area contributed by atoms with Crippen molar-refractivity contribution < 1.29 is 14.3 Å². The van der Waals surface area contributed by atoms with E-state index in [1.165, 1.54) is 0 Å².